The van der Waals surface area contributed by atoms with E-state index in [4.69, 9.17) is 11.6 Å². The Kier molecular flexibility index (Phi) is 6.11. The van der Waals surface area contributed by atoms with Crippen LogP contribution in [0.4, 0.5) is 39.5 Å². The highest BCUT2D eigenvalue weighted by Crippen LogP contribution is 2.60. The maximum Gasteiger partial charge on any atom is 0.457 e. The van der Waals surface area contributed by atoms with Crippen molar-refractivity contribution in [2.24, 2.45) is 0 Å². The summed E-state index contributed by atoms with van der Waals surface area (Å²) < 4.78 is 120. The number of hydrogen-bond donors (Lipinski definition) is 0. The number of pyridine rings is 1. The Balaban J connectivity index is 2.98. The highest BCUT2D eigenvalue weighted by atomic mass is 79.9. The van der Waals surface area contributed by atoms with Gasteiger partial charge in [-0.25, -0.2) is 9.37 Å². The molecular formula is C15H4Br2ClF9N. The van der Waals surface area contributed by atoms with Gasteiger partial charge in [0.1, 0.15) is 5.15 Å². The molecular weight excluding hydrogens is 560 g/mol. The van der Waals surface area contributed by atoms with E-state index >= 15 is 0 Å². The van der Waals surface area contributed by atoms with Crippen LogP contribution < -0.4 is 0 Å². The van der Waals surface area contributed by atoms with Crippen molar-refractivity contribution in [3.63, 3.8) is 0 Å². The van der Waals surface area contributed by atoms with Crippen LogP contribution in [0.2, 0.25) is 5.15 Å². The first-order valence-electron chi connectivity index (χ1n) is 6.78. The molecule has 153 valence electrons. The molecule has 0 saturated carbocycles. The molecule has 0 amide bonds. The number of halogens is 12. The number of alkyl halides is 9. The molecule has 0 fully saturated rings. The van der Waals surface area contributed by atoms with Crippen LogP contribution in [-0.4, -0.2) is 23.3 Å². The van der Waals surface area contributed by atoms with Crippen molar-refractivity contribution < 1.29 is 39.5 Å². The maximum atomic E-state index is 15.0. The molecule has 0 spiro atoms. The monoisotopic (exact) mass is 562 g/mol. The van der Waals surface area contributed by atoms with Gasteiger partial charge in [0.25, 0.3) is 0 Å². The molecule has 2 rings (SSSR count). The van der Waals surface area contributed by atoms with Gasteiger partial charge in [-0.15, -0.1) is 0 Å². The van der Waals surface area contributed by atoms with Crippen LogP contribution >= 0.6 is 43.5 Å². The molecule has 1 nitrogen and oxygen atoms in total. The normalized spacial score (nSPS) is 15.4. The van der Waals surface area contributed by atoms with Gasteiger partial charge in [0.05, 0.1) is 0 Å². The smallest absolute Gasteiger partial charge is 0.244 e. The first-order valence-corrected chi connectivity index (χ1v) is 8.74. The molecule has 1 aromatic carbocycles. The van der Waals surface area contributed by atoms with E-state index < -0.39 is 49.6 Å². The van der Waals surface area contributed by atoms with Crippen molar-refractivity contribution in [2.45, 2.75) is 23.9 Å². The molecule has 0 aliphatic heterocycles. The number of benzene rings is 1. The molecule has 0 saturated heterocycles. The molecule has 0 aliphatic carbocycles. The average Bonchev–Trinajstić information content (AvgIpc) is 2.52. The Bertz CT molecular complexity index is 881. The first-order chi connectivity index (χ1) is 12.5. The third-order valence-electron chi connectivity index (χ3n) is 3.56. The van der Waals surface area contributed by atoms with Crippen molar-refractivity contribution in [3.8, 4) is 11.1 Å². The lowest BCUT2D eigenvalue weighted by Crippen LogP contribution is -2.60. The molecule has 28 heavy (non-hydrogen) atoms. The standard InChI is InChI=1S/C15H4Br2ClF9N/c16-7-3-8(11(9(17)4-7)6-1-2-10(18)28-5-6)12(19,14(22,23)24)13(20,21)15(25,26)27/h1-3,5H. The Morgan fingerprint density at radius 2 is 1.46 bits per heavy atom. The second kappa shape index (κ2) is 7.35. The van der Waals surface area contributed by atoms with Crippen LogP contribution in [0.3, 0.4) is 0 Å². The first kappa shape index (κ1) is 23.3. The molecule has 0 aliphatic rings. The summed E-state index contributed by atoms with van der Waals surface area (Å²) in [5.41, 5.74) is -9.45. The molecule has 1 atom stereocenters. The van der Waals surface area contributed by atoms with Gasteiger partial charge in [0, 0.05) is 37.9 Å². The van der Waals surface area contributed by atoms with Crippen molar-refractivity contribution in [3.05, 3.63) is 50.1 Å². The van der Waals surface area contributed by atoms with Crippen LogP contribution in [0.25, 0.3) is 11.1 Å². The van der Waals surface area contributed by atoms with Crippen LogP contribution in [-0.2, 0) is 5.67 Å². The summed E-state index contributed by atoms with van der Waals surface area (Å²) in [4.78, 5) is 3.52. The van der Waals surface area contributed by atoms with E-state index in [-0.39, 0.29) is 11.2 Å². The molecule has 1 radical (unpaired) electrons. The fourth-order valence-electron chi connectivity index (χ4n) is 2.29. The fourth-order valence-corrected chi connectivity index (χ4v) is 3.75. The summed E-state index contributed by atoms with van der Waals surface area (Å²) in [7, 11) is 0. The van der Waals surface area contributed by atoms with E-state index in [2.05, 4.69) is 42.9 Å². The Labute approximate surface area is 173 Å². The summed E-state index contributed by atoms with van der Waals surface area (Å²) in [6.45, 7) is 0. The molecule has 13 heteroatoms. The largest absolute Gasteiger partial charge is 0.457 e. The molecule has 2 aromatic rings. The van der Waals surface area contributed by atoms with Crippen molar-refractivity contribution in [2.75, 3.05) is 0 Å². The minimum atomic E-state index is -6.84. The lowest BCUT2D eigenvalue weighted by Gasteiger charge is -2.37. The van der Waals surface area contributed by atoms with E-state index in [0.29, 0.717) is 0 Å². The molecule has 1 aromatic heterocycles. The zero-order chi connectivity index (χ0) is 21.7. The number of nitrogens with zero attached hydrogens (tertiary/aromatic N) is 1. The third kappa shape index (κ3) is 3.74. The summed E-state index contributed by atoms with van der Waals surface area (Å²) >= 11 is 10.9. The minimum absolute atomic E-state index is 0.148. The van der Waals surface area contributed by atoms with Crippen LogP contribution in [0.5, 0.6) is 0 Å². The second-order valence-corrected chi connectivity index (χ2v) is 7.35. The van der Waals surface area contributed by atoms with Gasteiger partial charge >= 0.3 is 23.9 Å². The van der Waals surface area contributed by atoms with Gasteiger partial charge in [-0.3, -0.25) is 0 Å². The highest BCUT2D eigenvalue weighted by Gasteiger charge is 2.82. The zero-order valence-corrected chi connectivity index (χ0v) is 16.7. The number of hydrogen-bond acceptors (Lipinski definition) is 1. The predicted molar refractivity (Wildman–Crippen MR) is 88.8 cm³/mol. The van der Waals surface area contributed by atoms with Gasteiger partial charge in [0.15, 0.2) is 0 Å². The van der Waals surface area contributed by atoms with Crippen LogP contribution in [0.1, 0.15) is 5.56 Å². The van der Waals surface area contributed by atoms with Gasteiger partial charge in [-0.05, 0) is 34.1 Å². The molecule has 1 heterocycles. The predicted octanol–water partition coefficient (Wildman–Crippen LogP) is 7.65. The summed E-state index contributed by atoms with van der Waals surface area (Å²) in [5, 5.41) is -0.148. The van der Waals surface area contributed by atoms with E-state index in [1.807, 2.05) is 0 Å². The van der Waals surface area contributed by atoms with Crippen molar-refractivity contribution in [1.82, 2.24) is 4.98 Å². The lowest BCUT2D eigenvalue weighted by molar-refractivity contribution is -0.389. The molecule has 0 N–H and O–H groups in total. The third-order valence-corrected chi connectivity index (χ3v) is 4.80. The van der Waals surface area contributed by atoms with Gasteiger partial charge in [-0.1, -0.05) is 27.5 Å². The molecule has 0 bridgehead atoms. The van der Waals surface area contributed by atoms with E-state index in [1.165, 1.54) is 0 Å². The van der Waals surface area contributed by atoms with Crippen LogP contribution in [0.15, 0.2) is 33.3 Å². The summed E-state index contributed by atoms with van der Waals surface area (Å²) in [6, 6.07) is 4.48. The Hall–Kier alpha value is -1.01. The Morgan fingerprint density at radius 3 is 1.89 bits per heavy atom. The van der Waals surface area contributed by atoms with Crippen molar-refractivity contribution in [1.29, 1.82) is 0 Å². The van der Waals surface area contributed by atoms with E-state index in [1.54, 1.807) is 0 Å². The molecule has 1 unspecified atom stereocenters. The van der Waals surface area contributed by atoms with Crippen LogP contribution in [0, 0.1) is 6.07 Å². The highest BCUT2D eigenvalue weighted by molar-refractivity contribution is 9.11. The van der Waals surface area contributed by atoms with E-state index in [0.717, 1.165) is 18.3 Å². The zero-order valence-electron chi connectivity index (χ0n) is 12.8. The number of rotatable bonds is 3. The van der Waals surface area contributed by atoms with E-state index in [9.17, 15) is 39.5 Å². The maximum absolute atomic E-state index is 15.0. The van der Waals surface area contributed by atoms with Crippen molar-refractivity contribution >= 4 is 43.5 Å². The van der Waals surface area contributed by atoms with Gasteiger partial charge in [-0.2, -0.15) is 35.1 Å². The quantitative estimate of drug-likeness (QED) is 0.276. The van der Waals surface area contributed by atoms with Gasteiger partial charge < -0.3 is 0 Å². The number of aromatic nitrogens is 1. The minimum Gasteiger partial charge on any atom is -0.244 e. The SMILES string of the molecule is FC(F)(F)C(F)(F)C(F)(c1cc(Br)[c]c(Br)c1-c1ccc(Cl)nc1)C(F)(F)F. The fraction of sp³-hybridized carbons (Fsp3) is 0.267. The second-order valence-electron chi connectivity index (χ2n) is 5.32. The topological polar surface area (TPSA) is 12.9 Å². The Morgan fingerprint density at radius 1 is 0.893 bits per heavy atom. The summed E-state index contributed by atoms with van der Waals surface area (Å²) in [6.07, 6.45) is -12.7. The van der Waals surface area contributed by atoms with Gasteiger partial charge in [0.2, 0.25) is 0 Å². The summed E-state index contributed by atoms with van der Waals surface area (Å²) in [5.74, 6) is -6.81. The average molecular weight is 564 g/mol. The lowest BCUT2D eigenvalue weighted by atomic mass is 9.83.